The van der Waals surface area contributed by atoms with Crippen LogP contribution in [0.1, 0.15) is 50.2 Å². The molecule has 0 bridgehead atoms. The number of nitrogens with zero attached hydrogens (tertiary/aromatic N) is 3. The molecule has 2 N–H and O–H groups in total. The molecule has 0 spiro atoms. The van der Waals surface area contributed by atoms with Crippen LogP contribution in [0.2, 0.25) is 0 Å². The molecular weight excluding hydrogens is 228 g/mol. The van der Waals surface area contributed by atoms with Crippen molar-refractivity contribution in [1.29, 1.82) is 0 Å². The van der Waals surface area contributed by atoms with E-state index >= 15 is 0 Å². The van der Waals surface area contributed by atoms with E-state index in [4.69, 9.17) is 10.3 Å². The fourth-order valence-electron chi connectivity index (χ4n) is 2.73. The summed E-state index contributed by atoms with van der Waals surface area (Å²) in [7, 11) is 4.00. The molecule has 0 saturated heterocycles. The van der Waals surface area contributed by atoms with Crippen molar-refractivity contribution in [2.45, 2.75) is 50.5 Å². The van der Waals surface area contributed by atoms with Crippen molar-refractivity contribution in [3.05, 3.63) is 11.7 Å². The first-order valence-electron chi connectivity index (χ1n) is 6.84. The predicted octanol–water partition coefficient (Wildman–Crippen LogP) is 1.68. The van der Waals surface area contributed by atoms with Crippen molar-refractivity contribution in [2.75, 3.05) is 20.6 Å². The maximum absolute atomic E-state index is 6.01. The third-order valence-electron chi connectivity index (χ3n) is 3.83. The van der Waals surface area contributed by atoms with Crippen LogP contribution in [0.3, 0.4) is 0 Å². The molecule has 2 rings (SSSR count). The van der Waals surface area contributed by atoms with Gasteiger partial charge in [-0.25, -0.2) is 0 Å². The van der Waals surface area contributed by atoms with Crippen molar-refractivity contribution >= 4 is 0 Å². The molecule has 5 nitrogen and oxygen atoms in total. The minimum Gasteiger partial charge on any atom is -0.339 e. The first-order chi connectivity index (χ1) is 8.66. The first kappa shape index (κ1) is 13.5. The number of nitrogens with two attached hydrogens (primary N) is 1. The SMILES string of the molecule is CN(C)Cc1noc(C2(CN)CCCCCC2)n1. The Labute approximate surface area is 109 Å². The van der Waals surface area contributed by atoms with E-state index in [1.54, 1.807) is 0 Å². The Morgan fingerprint density at radius 1 is 1.22 bits per heavy atom. The van der Waals surface area contributed by atoms with Crippen LogP contribution in [0.5, 0.6) is 0 Å². The van der Waals surface area contributed by atoms with Gasteiger partial charge in [-0.2, -0.15) is 4.98 Å². The van der Waals surface area contributed by atoms with E-state index in [0.717, 1.165) is 24.6 Å². The van der Waals surface area contributed by atoms with Crippen molar-refractivity contribution in [3.8, 4) is 0 Å². The molecule has 0 radical (unpaired) electrons. The number of aromatic nitrogens is 2. The molecule has 0 amide bonds. The average Bonchev–Trinajstić information content (AvgIpc) is 2.66. The van der Waals surface area contributed by atoms with E-state index in [0.29, 0.717) is 13.1 Å². The van der Waals surface area contributed by atoms with Gasteiger partial charge in [-0.3, -0.25) is 0 Å². The summed E-state index contributed by atoms with van der Waals surface area (Å²) >= 11 is 0. The number of rotatable bonds is 4. The molecule has 1 fully saturated rings. The second-order valence-corrected chi connectivity index (χ2v) is 5.65. The molecule has 0 atom stereocenters. The molecule has 1 heterocycles. The lowest BCUT2D eigenvalue weighted by Gasteiger charge is -2.26. The van der Waals surface area contributed by atoms with Gasteiger partial charge in [-0.1, -0.05) is 30.8 Å². The van der Waals surface area contributed by atoms with Gasteiger partial charge < -0.3 is 15.2 Å². The monoisotopic (exact) mass is 252 g/mol. The lowest BCUT2D eigenvalue weighted by Crippen LogP contribution is -2.35. The van der Waals surface area contributed by atoms with Crippen LogP contribution in [-0.4, -0.2) is 35.7 Å². The molecule has 0 unspecified atom stereocenters. The zero-order chi connectivity index (χ0) is 13.0. The van der Waals surface area contributed by atoms with Crippen LogP contribution in [0.15, 0.2) is 4.52 Å². The van der Waals surface area contributed by atoms with Gasteiger partial charge in [0, 0.05) is 6.54 Å². The largest absolute Gasteiger partial charge is 0.339 e. The highest BCUT2D eigenvalue weighted by molar-refractivity contribution is 5.07. The molecular formula is C13H24N4O. The summed E-state index contributed by atoms with van der Waals surface area (Å²) in [5.74, 6) is 1.51. The molecule has 0 aromatic carbocycles. The molecule has 0 aliphatic heterocycles. The first-order valence-corrected chi connectivity index (χ1v) is 6.84. The Hall–Kier alpha value is -0.940. The number of hydrogen-bond donors (Lipinski definition) is 1. The average molecular weight is 252 g/mol. The Kier molecular flexibility index (Phi) is 4.35. The van der Waals surface area contributed by atoms with Crippen LogP contribution in [0.4, 0.5) is 0 Å². The maximum atomic E-state index is 6.01. The summed E-state index contributed by atoms with van der Waals surface area (Å²) in [6.45, 7) is 1.32. The van der Waals surface area contributed by atoms with E-state index in [1.165, 1.54) is 25.7 Å². The highest BCUT2D eigenvalue weighted by Gasteiger charge is 2.37. The van der Waals surface area contributed by atoms with Gasteiger partial charge in [0.25, 0.3) is 0 Å². The molecule has 1 aromatic rings. The van der Waals surface area contributed by atoms with Gasteiger partial charge in [-0.05, 0) is 26.9 Å². The van der Waals surface area contributed by atoms with E-state index in [1.807, 2.05) is 19.0 Å². The smallest absolute Gasteiger partial charge is 0.234 e. The summed E-state index contributed by atoms with van der Waals surface area (Å²) in [6.07, 6.45) is 7.16. The Morgan fingerprint density at radius 2 is 1.89 bits per heavy atom. The molecule has 1 aliphatic rings. The molecule has 102 valence electrons. The standard InChI is InChI=1S/C13H24N4O/c1-17(2)9-11-15-12(18-16-11)13(10-14)7-5-3-4-6-8-13/h3-10,14H2,1-2H3. The summed E-state index contributed by atoms with van der Waals surface area (Å²) in [5, 5.41) is 4.07. The summed E-state index contributed by atoms with van der Waals surface area (Å²) in [6, 6.07) is 0. The van der Waals surface area contributed by atoms with Crippen molar-refractivity contribution in [3.63, 3.8) is 0 Å². The van der Waals surface area contributed by atoms with E-state index < -0.39 is 0 Å². The van der Waals surface area contributed by atoms with Gasteiger partial charge in [0.05, 0.1) is 12.0 Å². The Morgan fingerprint density at radius 3 is 2.44 bits per heavy atom. The van der Waals surface area contributed by atoms with Crippen molar-refractivity contribution in [2.24, 2.45) is 5.73 Å². The fraction of sp³-hybridized carbons (Fsp3) is 0.846. The Bertz CT molecular complexity index is 367. The van der Waals surface area contributed by atoms with Gasteiger partial charge in [0.1, 0.15) is 0 Å². The van der Waals surface area contributed by atoms with Crippen LogP contribution in [0.25, 0.3) is 0 Å². The third kappa shape index (κ3) is 2.90. The zero-order valence-electron chi connectivity index (χ0n) is 11.5. The molecule has 1 aromatic heterocycles. The van der Waals surface area contributed by atoms with Gasteiger partial charge in [0.15, 0.2) is 5.82 Å². The normalized spacial score (nSPS) is 20.0. The van der Waals surface area contributed by atoms with Crippen LogP contribution in [-0.2, 0) is 12.0 Å². The fourth-order valence-corrected chi connectivity index (χ4v) is 2.73. The van der Waals surface area contributed by atoms with E-state index in [2.05, 4.69) is 10.1 Å². The molecule has 1 saturated carbocycles. The van der Waals surface area contributed by atoms with Crippen LogP contribution in [0, 0.1) is 0 Å². The topological polar surface area (TPSA) is 68.2 Å². The molecule has 5 heteroatoms. The van der Waals surface area contributed by atoms with Crippen molar-refractivity contribution < 1.29 is 4.52 Å². The van der Waals surface area contributed by atoms with Gasteiger partial charge in [-0.15, -0.1) is 0 Å². The van der Waals surface area contributed by atoms with Gasteiger partial charge >= 0.3 is 0 Å². The summed E-state index contributed by atoms with van der Waals surface area (Å²) in [4.78, 5) is 6.60. The van der Waals surface area contributed by atoms with E-state index in [9.17, 15) is 0 Å². The van der Waals surface area contributed by atoms with Gasteiger partial charge in [0.2, 0.25) is 5.89 Å². The molecule has 18 heavy (non-hydrogen) atoms. The highest BCUT2D eigenvalue weighted by Crippen LogP contribution is 2.36. The third-order valence-corrected chi connectivity index (χ3v) is 3.83. The second-order valence-electron chi connectivity index (χ2n) is 5.65. The minimum absolute atomic E-state index is 0.0753. The number of hydrogen-bond acceptors (Lipinski definition) is 5. The van der Waals surface area contributed by atoms with Crippen molar-refractivity contribution in [1.82, 2.24) is 15.0 Å². The maximum Gasteiger partial charge on any atom is 0.234 e. The summed E-state index contributed by atoms with van der Waals surface area (Å²) in [5.41, 5.74) is 5.94. The van der Waals surface area contributed by atoms with Crippen LogP contribution < -0.4 is 5.73 Å². The predicted molar refractivity (Wildman–Crippen MR) is 70.1 cm³/mol. The highest BCUT2D eigenvalue weighted by atomic mass is 16.5. The molecule has 1 aliphatic carbocycles. The quantitative estimate of drug-likeness (QED) is 0.826. The van der Waals surface area contributed by atoms with E-state index in [-0.39, 0.29) is 5.41 Å². The lowest BCUT2D eigenvalue weighted by atomic mass is 9.80. The van der Waals surface area contributed by atoms with Crippen LogP contribution >= 0.6 is 0 Å². The Balaban J connectivity index is 2.17. The second kappa shape index (κ2) is 5.80. The lowest BCUT2D eigenvalue weighted by molar-refractivity contribution is 0.255. The zero-order valence-corrected chi connectivity index (χ0v) is 11.5. The minimum atomic E-state index is -0.0753. The summed E-state index contributed by atoms with van der Waals surface area (Å²) < 4.78 is 5.49.